The van der Waals surface area contributed by atoms with Crippen molar-refractivity contribution in [3.8, 4) is 0 Å². The third-order valence-electron chi connectivity index (χ3n) is 0.891. The lowest BCUT2D eigenvalue weighted by Crippen LogP contribution is -1.83. The first-order valence-electron chi connectivity index (χ1n) is 3.08. The van der Waals surface area contributed by atoms with Gasteiger partial charge in [0, 0.05) is 5.92 Å². The summed E-state index contributed by atoms with van der Waals surface area (Å²) in [6, 6.07) is 0. The summed E-state index contributed by atoms with van der Waals surface area (Å²) in [5.74, 6) is -0.244. The summed E-state index contributed by atoms with van der Waals surface area (Å²) >= 11 is 0. The van der Waals surface area contributed by atoms with Gasteiger partial charge in [-0.05, 0) is 19.4 Å². The van der Waals surface area contributed by atoms with E-state index in [0.717, 1.165) is 0 Å². The van der Waals surface area contributed by atoms with Gasteiger partial charge in [0.1, 0.15) is 5.83 Å². The van der Waals surface area contributed by atoms with E-state index in [1.54, 1.807) is 19.9 Å². The topological polar surface area (TPSA) is 0 Å². The van der Waals surface area contributed by atoms with Crippen molar-refractivity contribution in [3.63, 3.8) is 0 Å². The maximum absolute atomic E-state index is 12.5. The smallest absolute Gasteiger partial charge is 0.144 e. The maximum atomic E-state index is 12.5. The molecule has 9 heavy (non-hydrogen) atoms. The lowest BCUT2D eigenvalue weighted by atomic mass is 10.2. The van der Waals surface area contributed by atoms with Crippen molar-refractivity contribution in [2.45, 2.75) is 20.3 Å². The second kappa shape index (κ2) is 4.34. The molecule has 1 radical (unpaired) electrons. The summed E-state index contributed by atoms with van der Waals surface area (Å²) in [6.45, 7) is 7.10. The predicted molar refractivity (Wildman–Crippen MR) is 37.5 cm³/mol. The number of hydrogen-bond acceptors (Lipinski definition) is 0. The zero-order valence-electron chi connectivity index (χ0n) is 5.95. The van der Waals surface area contributed by atoms with E-state index >= 15 is 0 Å². The third kappa shape index (κ3) is 3.99. The van der Waals surface area contributed by atoms with Crippen LogP contribution >= 0.6 is 0 Å². The molecular weight excluding hydrogens is 115 g/mol. The molecule has 0 bridgehead atoms. The summed E-state index contributed by atoms with van der Waals surface area (Å²) < 4.78 is 12.5. The van der Waals surface area contributed by atoms with Crippen LogP contribution in [0.1, 0.15) is 20.3 Å². The minimum absolute atomic E-state index is 0.0483. The molecule has 0 amide bonds. The average molecular weight is 127 g/mol. The van der Waals surface area contributed by atoms with Gasteiger partial charge >= 0.3 is 0 Å². The molecule has 0 aromatic rings. The second-order valence-corrected chi connectivity index (χ2v) is 2.14. The van der Waals surface area contributed by atoms with Gasteiger partial charge in [0.15, 0.2) is 0 Å². The van der Waals surface area contributed by atoms with Crippen molar-refractivity contribution in [2.75, 3.05) is 0 Å². The van der Waals surface area contributed by atoms with Crippen LogP contribution in [0.2, 0.25) is 0 Å². The average Bonchev–Trinajstić information content (AvgIpc) is 1.82. The van der Waals surface area contributed by atoms with Crippen molar-refractivity contribution in [2.24, 2.45) is 5.92 Å². The molecular formula is C8H12F. The van der Waals surface area contributed by atoms with Gasteiger partial charge in [-0.25, -0.2) is 4.39 Å². The monoisotopic (exact) mass is 127 g/mol. The summed E-state index contributed by atoms with van der Waals surface area (Å²) in [7, 11) is 0. The van der Waals surface area contributed by atoms with Crippen molar-refractivity contribution in [3.05, 3.63) is 24.6 Å². The molecule has 0 heterocycles. The Morgan fingerprint density at radius 1 is 1.78 bits per heavy atom. The van der Waals surface area contributed by atoms with Crippen LogP contribution in [0, 0.1) is 12.8 Å². The van der Waals surface area contributed by atoms with E-state index in [4.69, 9.17) is 0 Å². The Morgan fingerprint density at radius 2 is 2.33 bits per heavy atom. The standard InChI is InChI=1S/C8H12F/c1-4-5-6-8(9)7(2)3/h5,7H,1,4H2,2-3H3. The highest BCUT2D eigenvalue weighted by Gasteiger charge is 1.96. The van der Waals surface area contributed by atoms with Crippen molar-refractivity contribution in [1.82, 2.24) is 0 Å². The van der Waals surface area contributed by atoms with E-state index in [-0.39, 0.29) is 11.7 Å². The van der Waals surface area contributed by atoms with Gasteiger partial charge < -0.3 is 0 Å². The predicted octanol–water partition coefficient (Wildman–Crippen LogP) is 2.88. The fraction of sp³-hybridized carbons (Fsp3) is 0.500. The molecule has 0 saturated heterocycles. The van der Waals surface area contributed by atoms with Crippen LogP contribution < -0.4 is 0 Å². The quantitative estimate of drug-likeness (QED) is 0.500. The number of halogens is 1. The molecule has 0 nitrogen and oxygen atoms in total. The highest BCUT2D eigenvalue weighted by atomic mass is 19.1. The van der Waals surface area contributed by atoms with E-state index in [1.165, 1.54) is 0 Å². The molecule has 0 rings (SSSR count). The number of rotatable bonds is 2. The molecule has 0 aliphatic heterocycles. The van der Waals surface area contributed by atoms with Crippen molar-refractivity contribution < 1.29 is 4.39 Å². The van der Waals surface area contributed by atoms with E-state index in [0.29, 0.717) is 6.42 Å². The van der Waals surface area contributed by atoms with Gasteiger partial charge in [-0.2, -0.15) is 0 Å². The van der Waals surface area contributed by atoms with Crippen molar-refractivity contribution in [1.29, 1.82) is 0 Å². The summed E-state index contributed by atoms with van der Waals surface area (Å²) in [5.41, 5.74) is 2.49. The van der Waals surface area contributed by atoms with Crippen LogP contribution in [-0.4, -0.2) is 0 Å². The Hall–Kier alpha value is -0.550. The van der Waals surface area contributed by atoms with E-state index in [2.05, 4.69) is 12.7 Å². The zero-order chi connectivity index (χ0) is 7.28. The van der Waals surface area contributed by atoms with Gasteiger partial charge in [-0.1, -0.05) is 19.6 Å². The molecule has 0 atom stereocenters. The van der Waals surface area contributed by atoms with E-state index in [9.17, 15) is 4.39 Å². The molecule has 0 aromatic heterocycles. The fourth-order valence-corrected chi connectivity index (χ4v) is 0.336. The second-order valence-electron chi connectivity index (χ2n) is 2.14. The minimum atomic E-state index is -0.196. The van der Waals surface area contributed by atoms with Crippen LogP contribution in [0.3, 0.4) is 0 Å². The van der Waals surface area contributed by atoms with E-state index in [1.807, 2.05) is 0 Å². The van der Waals surface area contributed by atoms with Crippen LogP contribution in [0.15, 0.2) is 17.6 Å². The molecule has 0 aromatic carbocycles. The van der Waals surface area contributed by atoms with Crippen LogP contribution in [0.25, 0.3) is 0 Å². The maximum Gasteiger partial charge on any atom is 0.144 e. The number of allylic oxidation sites excluding steroid dienone is 1. The van der Waals surface area contributed by atoms with Crippen molar-refractivity contribution >= 4 is 0 Å². The molecule has 51 valence electrons. The van der Waals surface area contributed by atoms with Gasteiger partial charge in [0.2, 0.25) is 0 Å². The van der Waals surface area contributed by atoms with Gasteiger partial charge in [-0.15, -0.1) is 0 Å². The minimum Gasteiger partial charge on any atom is -0.202 e. The Kier molecular flexibility index (Phi) is 4.08. The first kappa shape index (κ1) is 8.45. The van der Waals surface area contributed by atoms with Crippen LogP contribution in [0.4, 0.5) is 4.39 Å². The summed E-state index contributed by atoms with van der Waals surface area (Å²) in [4.78, 5) is 0. The zero-order valence-corrected chi connectivity index (χ0v) is 5.95. The summed E-state index contributed by atoms with van der Waals surface area (Å²) in [5, 5.41) is 0. The summed E-state index contributed by atoms with van der Waals surface area (Å²) in [6.07, 6.45) is 2.19. The molecule has 1 heteroatoms. The van der Waals surface area contributed by atoms with Gasteiger partial charge in [-0.3, -0.25) is 0 Å². The SMILES string of the molecule is [CH2]CC=C=C(F)C(C)C. The Balaban J connectivity index is 3.98. The van der Waals surface area contributed by atoms with Crippen LogP contribution in [-0.2, 0) is 0 Å². The molecule has 0 aliphatic carbocycles. The van der Waals surface area contributed by atoms with E-state index < -0.39 is 0 Å². The van der Waals surface area contributed by atoms with Gasteiger partial charge in [0.25, 0.3) is 0 Å². The molecule has 0 spiro atoms. The lowest BCUT2D eigenvalue weighted by molar-refractivity contribution is 0.522. The Bertz CT molecular complexity index is 128. The molecule has 0 unspecified atom stereocenters. The molecule has 0 aliphatic rings. The highest BCUT2D eigenvalue weighted by molar-refractivity contribution is 4.95. The Labute approximate surface area is 56.1 Å². The Morgan fingerprint density at radius 3 is 2.67 bits per heavy atom. The molecule has 0 fully saturated rings. The van der Waals surface area contributed by atoms with Crippen LogP contribution in [0.5, 0.6) is 0 Å². The molecule has 0 saturated carbocycles. The third-order valence-corrected chi connectivity index (χ3v) is 0.891. The highest BCUT2D eigenvalue weighted by Crippen LogP contribution is 2.07. The first-order valence-corrected chi connectivity index (χ1v) is 3.08. The molecule has 0 N–H and O–H groups in total. The fourth-order valence-electron chi connectivity index (χ4n) is 0.336. The lowest BCUT2D eigenvalue weighted by Gasteiger charge is -1.93. The first-order chi connectivity index (χ1) is 4.18. The normalized spacial score (nSPS) is 9.00. The van der Waals surface area contributed by atoms with Gasteiger partial charge in [0.05, 0.1) is 0 Å². The largest absolute Gasteiger partial charge is 0.202 e. The number of hydrogen-bond donors (Lipinski definition) is 0.